The lowest BCUT2D eigenvalue weighted by molar-refractivity contribution is -0.145. The Hall–Kier alpha value is -1.91. The molecule has 0 aliphatic carbocycles. The molecule has 102 valence electrons. The fraction of sp³-hybridized carbons (Fsp3) is 0.429. The Balaban J connectivity index is 1.97. The van der Waals surface area contributed by atoms with E-state index in [4.69, 9.17) is 4.74 Å². The maximum absolute atomic E-state index is 13.2. The van der Waals surface area contributed by atoms with E-state index in [1.165, 1.54) is 12.1 Å². The van der Waals surface area contributed by atoms with E-state index in [9.17, 15) is 14.0 Å². The van der Waals surface area contributed by atoms with Crippen molar-refractivity contribution < 1.29 is 18.7 Å². The number of ether oxygens (including phenoxy) is 1. The van der Waals surface area contributed by atoms with Gasteiger partial charge in [-0.1, -0.05) is 6.07 Å². The van der Waals surface area contributed by atoms with Gasteiger partial charge in [-0.2, -0.15) is 0 Å². The standard InChI is InChI=1S/C14H16FNO3/c1-2-19-14(18)8-12(17)9-16-6-5-10-3-4-11(15)7-13(10)16/h3-4,7H,2,5-6,8-9H2,1H3. The Bertz CT molecular complexity index is 501. The fourth-order valence-electron chi connectivity index (χ4n) is 2.22. The fourth-order valence-corrected chi connectivity index (χ4v) is 2.22. The van der Waals surface area contributed by atoms with E-state index in [0.29, 0.717) is 6.54 Å². The highest BCUT2D eigenvalue weighted by Gasteiger charge is 2.22. The van der Waals surface area contributed by atoms with Gasteiger partial charge in [0.2, 0.25) is 0 Å². The molecule has 19 heavy (non-hydrogen) atoms. The molecule has 4 nitrogen and oxygen atoms in total. The number of nitrogens with zero attached hydrogens (tertiary/aromatic N) is 1. The van der Waals surface area contributed by atoms with Gasteiger partial charge >= 0.3 is 5.97 Å². The van der Waals surface area contributed by atoms with Crippen LogP contribution in [0, 0.1) is 5.82 Å². The summed E-state index contributed by atoms with van der Waals surface area (Å²) in [5, 5.41) is 0. The van der Waals surface area contributed by atoms with Gasteiger partial charge in [-0.3, -0.25) is 9.59 Å². The zero-order valence-electron chi connectivity index (χ0n) is 10.8. The van der Waals surface area contributed by atoms with Crippen molar-refractivity contribution in [1.29, 1.82) is 0 Å². The second kappa shape index (κ2) is 5.82. The van der Waals surface area contributed by atoms with Crippen molar-refractivity contribution in [2.45, 2.75) is 19.8 Å². The van der Waals surface area contributed by atoms with Crippen LogP contribution in [0.1, 0.15) is 18.9 Å². The van der Waals surface area contributed by atoms with Gasteiger partial charge in [-0.05, 0) is 31.0 Å². The minimum absolute atomic E-state index is 0.120. The summed E-state index contributed by atoms with van der Waals surface area (Å²) in [5.74, 6) is -1.04. The third-order valence-corrected chi connectivity index (χ3v) is 3.05. The molecule has 0 aromatic heterocycles. The summed E-state index contributed by atoms with van der Waals surface area (Å²) >= 11 is 0. The molecule has 0 radical (unpaired) electrons. The number of Topliss-reactive ketones (excluding diaryl/α,β-unsaturated/α-hetero) is 1. The first-order chi connectivity index (χ1) is 9.10. The summed E-state index contributed by atoms with van der Waals surface area (Å²) < 4.78 is 17.9. The van der Waals surface area contributed by atoms with Gasteiger partial charge in [0.15, 0.2) is 5.78 Å². The molecule has 1 heterocycles. The smallest absolute Gasteiger partial charge is 0.313 e. The molecule has 0 atom stereocenters. The van der Waals surface area contributed by atoms with Crippen molar-refractivity contribution >= 4 is 17.4 Å². The van der Waals surface area contributed by atoms with E-state index in [2.05, 4.69) is 0 Å². The molecule has 0 amide bonds. The van der Waals surface area contributed by atoms with Crippen molar-refractivity contribution in [1.82, 2.24) is 0 Å². The third-order valence-electron chi connectivity index (χ3n) is 3.05. The number of carbonyl (C=O) groups excluding carboxylic acids is 2. The highest BCUT2D eigenvalue weighted by molar-refractivity contribution is 5.98. The van der Waals surface area contributed by atoms with Gasteiger partial charge in [0.05, 0.1) is 13.2 Å². The van der Waals surface area contributed by atoms with E-state index >= 15 is 0 Å². The summed E-state index contributed by atoms with van der Waals surface area (Å²) in [4.78, 5) is 24.8. The lowest BCUT2D eigenvalue weighted by Crippen LogP contribution is -2.29. The number of ketones is 1. The first kappa shape index (κ1) is 13.5. The molecule has 1 aromatic rings. The third kappa shape index (κ3) is 3.30. The Morgan fingerprint density at radius 1 is 1.42 bits per heavy atom. The molecular weight excluding hydrogens is 249 g/mol. The highest BCUT2D eigenvalue weighted by Crippen LogP contribution is 2.28. The van der Waals surface area contributed by atoms with Crippen molar-refractivity contribution in [3.8, 4) is 0 Å². The van der Waals surface area contributed by atoms with E-state index in [1.807, 2.05) is 0 Å². The molecular formula is C14H16FNO3. The van der Waals surface area contributed by atoms with Gasteiger partial charge in [0, 0.05) is 12.2 Å². The molecule has 0 saturated heterocycles. The van der Waals surface area contributed by atoms with Crippen LogP contribution >= 0.6 is 0 Å². The van der Waals surface area contributed by atoms with Crippen LogP contribution in [0.2, 0.25) is 0 Å². The van der Waals surface area contributed by atoms with E-state index < -0.39 is 5.97 Å². The topological polar surface area (TPSA) is 46.6 Å². The minimum atomic E-state index is -0.508. The molecule has 0 bridgehead atoms. The Kier molecular flexibility index (Phi) is 4.14. The predicted octanol–water partition coefficient (Wildman–Crippen LogP) is 1.71. The van der Waals surface area contributed by atoms with Crippen molar-refractivity contribution in [2.24, 2.45) is 0 Å². The Labute approximate surface area is 111 Å². The Morgan fingerprint density at radius 3 is 2.95 bits per heavy atom. The molecule has 5 heteroatoms. The number of hydrogen-bond acceptors (Lipinski definition) is 4. The van der Waals surface area contributed by atoms with Crippen molar-refractivity contribution in [2.75, 3.05) is 24.6 Å². The van der Waals surface area contributed by atoms with Crippen LogP contribution in [0.4, 0.5) is 10.1 Å². The van der Waals surface area contributed by atoms with Gasteiger partial charge in [-0.15, -0.1) is 0 Å². The van der Waals surface area contributed by atoms with Gasteiger partial charge in [0.25, 0.3) is 0 Å². The summed E-state index contributed by atoms with van der Waals surface area (Å²) in [7, 11) is 0. The first-order valence-corrected chi connectivity index (χ1v) is 6.31. The number of benzene rings is 1. The number of halogens is 1. The average Bonchev–Trinajstić information content (AvgIpc) is 2.72. The summed E-state index contributed by atoms with van der Waals surface area (Å²) in [6.45, 7) is 2.76. The van der Waals surface area contributed by atoms with Crippen molar-refractivity contribution in [3.63, 3.8) is 0 Å². The maximum atomic E-state index is 13.2. The lowest BCUT2D eigenvalue weighted by atomic mass is 10.1. The molecule has 1 aliphatic heterocycles. The Morgan fingerprint density at radius 2 is 2.21 bits per heavy atom. The molecule has 0 fully saturated rings. The SMILES string of the molecule is CCOC(=O)CC(=O)CN1CCc2ccc(F)cc21. The summed E-state index contributed by atoms with van der Waals surface area (Å²) in [5.41, 5.74) is 1.78. The van der Waals surface area contributed by atoms with Crippen LogP contribution in [-0.4, -0.2) is 31.4 Å². The number of carbonyl (C=O) groups is 2. The van der Waals surface area contributed by atoms with Crippen LogP contribution in [-0.2, 0) is 20.7 Å². The lowest BCUT2D eigenvalue weighted by Gasteiger charge is -2.18. The molecule has 0 spiro atoms. The number of fused-ring (bicyclic) bond motifs is 1. The van der Waals surface area contributed by atoms with E-state index in [0.717, 1.165) is 17.7 Å². The minimum Gasteiger partial charge on any atom is -0.466 e. The van der Waals surface area contributed by atoms with Crippen LogP contribution in [0.15, 0.2) is 18.2 Å². The van der Waals surface area contributed by atoms with E-state index in [-0.39, 0.29) is 31.2 Å². The number of anilines is 1. The summed E-state index contributed by atoms with van der Waals surface area (Å²) in [6, 6.07) is 4.59. The predicted molar refractivity (Wildman–Crippen MR) is 68.6 cm³/mol. The zero-order chi connectivity index (χ0) is 13.8. The van der Waals surface area contributed by atoms with Gasteiger partial charge < -0.3 is 9.64 Å². The summed E-state index contributed by atoms with van der Waals surface area (Å²) in [6.07, 6.45) is 0.567. The average molecular weight is 265 g/mol. The number of rotatable bonds is 5. The second-order valence-corrected chi connectivity index (χ2v) is 4.47. The van der Waals surface area contributed by atoms with Gasteiger partial charge in [0.1, 0.15) is 12.2 Å². The normalized spacial score (nSPS) is 13.3. The monoisotopic (exact) mass is 265 g/mol. The quantitative estimate of drug-likeness (QED) is 0.600. The maximum Gasteiger partial charge on any atom is 0.313 e. The van der Waals surface area contributed by atoms with Crippen LogP contribution in [0.25, 0.3) is 0 Å². The van der Waals surface area contributed by atoms with Crippen molar-refractivity contribution in [3.05, 3.63) is 29.6 Å². The first-order valence-electron chi connectivity index (χ1n) is 6.31. The largest absolute Gasteiger partial charge is 0.466 e. The molecule has 0 N–H and O–H groups in total. The second-order valence-electron chi connectivity index (χ2n) is 4.47. The highest BCUT2D eigenvalue weighted by atomic mass is 19.1. The number of esters is 1. The van der Waals surface area contributed by atoms with E-state index in [1.54, 1.807) is 17.9 Å². The zero-order valence-corrected chi connectivity index (χ0v) is 10.8. The van der Waals surface area contributed by atoms with Gasteiger partial charge in [-0.25, -0.2) is 4.39 Å². The molecule has 0 saturated carbocycles. The van der Waals surface area contributed by atoms with Crippen LogP contribution in [0.3, 0.4) is 0 Å². The van der Waals surface area contributed by atoms with Crippen LogP contribution < -0.4 is 4.90 Å². The number of hydrogen-bond donors (Lipinski definition) is 0. The molecule has 1 aromatic carbocycles. The molecule has 2 rings (SSSR count). The van der Waals surface area contributed by atoms with Crippen LogP contribution in [0.5, 0.6) is 0 Å². The molecule has 1 aliphatic rings. The molecule has 0 unspecified atom stereocenters.